The van der Waals surface area contributed by atoms with E-state index in [4.69, 9.17) is 0 Å². The van der Waals surface area contributed by atoms with Gasteiger partial charge in [0.05, 0.1) is 0 Å². The predicted octanol–water partition coefficient (Wildman–Crippen LogP) is 3.31. The van der Waals surface area contributed by atoms with Crippen LogP contribution in [0, 0.1) is 5.92 Å². The predicted molar refractivity (Wildman–Crippen MR) is 85.2 cm³/mol. The Bertz CT molecular complexity index is 514. The quantitative estimate of drug-likeness (QED) is 0.862. The molecule has 7 heteroatoms. The van der Waals surface area contributed by atoms with Gasteiger partial charge in [-0.25, -0.2) is 0 Å². The molecule has 0 aromatic carbocycles. The number of amides is 1. The molecule has 1 saturated heterocycles. The van der Waals surface area contributed by atoms with Crippen LogP contribution in [0.3, 0.4) is 0 Å². The van der Waals surface area contributed by atoms with Gasteiger partial charge in [0.15, 0.2) is 6.04 Å². The van der Waals surface area contributed by atoms with Crippen LogP contribution in [0.25, 0.3) is 0 Å². The van der Waals surface area contributed by atoms with Crippen molar-refractivity contribution in [1.82, 2.24) is 15.2 Å². The maximum Gasteiger partial charge on any atom is 0.412 e. The molecule has 2 rings (SSSR count). The Kier molecular flexibility index (Phi) is 6.60. The first-order valence-electron chi connectivity index (χ1n) is 8.38. The second-order valence-electron chi connectivity index (χ2n) is 6.32. The van der Waals surface area contributed by atoms with Gasteiger partial charge in [-0.1, -0.05) is 13.0 Å². The molecule has 0 bridgehead atoms. The summed E-state index contributed by atoms with van der Waals surface area (Å²) in [4.78, 5) is 18.2. The van der Waals surface area contributed by atoms with Gasteiger partial charge in [-0.2, -0.15) is 13.2 Å². The molecule has 134 valence electrons. The number of nitrogens with one attached hydrogen (secondary N) is 1. The number of halogens is 3. The zero-order valence-corrected chi connectivity index (χ0v) is 13.9. The molecule has 4 nitrogen and oxygen atoms in total. The Labute approximate surface area is 140 Å². The van der Waals surface area contributed by atoms with Crippen LogP contribution in [0.4, 0.5) is 13.2 Å². The van der Waals surface area contributed by atoms with Crippen molar-refractivity contribution in [2.24, 2.45) is 5.92 Å². The molecule has 1 amide bonds. The van der Waals surface area contributed by atoms with E-state index in [0.29, 0.717) is 0 Å². The molecule has 2 heterocycles. The zero-order valence-electron chi connectivity index (χ0n) is 13.9. The summed E-state index contributed by atoms with van der Waals surface area (Å²) >= 11 is 0. The Morgan fingerprint density at radius 3 is 2.67 bits per heavy atom. The molecule has 1 atom stereocenters. The summed E-state index contributed by atoms with van der Waals surface area (Å²) in [6, 6.07) is 0.761. The third-order valence-corrected chi connectivity index (χ3v) is 4.37. The van der Waals surface area contributed by atoms with Crippen LogP contribution in [0.1, 0.15) is 44.2 Å². The number of aromatic nitrogens is 1. The fraction of sp³-hybridized carbons (Fsp3) is 0.647. The fourth-order valence-electron chi connectivity index (χ4n) is 3.11. The van der Waals surface area contributed by atoms with Crippen molar-refractivity contribution in [3.63, 3.8) is 0 Å². The molecule has 24 heavy (non-hydrogen) atoms. The van der Waals surface area contributed by atoms with E-state index in [1.54, 1.807) is 0 Å². The number of likely N-dealkylation sites (tertiary alicyclic amines) is 1. The van der Waals surface area contributed by atoms with Gasteiger partial charge in [0, 0.05) is 24.4 Å². The number of hydrogen-bond donors (Lipinski definition) is 1. The summed E-state index contributed by atoms with van der Waals surface area (Å²) in [5.74, 6) is -0.393. The molecule has 1 unspecified atom stereocenters. The van der Waals surface area contributed by atoms with Crippen molar-refractivity contribution >= 4 is 5.91 Å². The van der Waals surface area contributed by atoms with Gasteiger partial charge in [-0.3, -0.25) is 9.78 Å². The number of carbonyl (C=O) groups excluding carboxylic acids is 1. The average molecular weight is 343 g/mol. The number of alkyl halides is 3. The normalized spacial score (nSPS) is 18.3. The van der Waals surface area contributed by atoms with E-state index in [9.17, 15) is 18.0 Å². The lowest BCUT2D eigenvalue weighted by atomic mass is 9.93. The summed E-state index contributed by atoms with van der Waals surface area (Å²) in [5.41, 5.74) is -0.0453. The molecule has 1 fully saturated rings. The number of piperidine rings is 1. The molecule has 1 aromatic heterocycles. The Morgan fingerprint density at radius 2 is 2.12 bits per heavy atom. The second kappa shape index (κ2) is 8.46. The monoisotopic (exact) mass is 343 g/mol. The van der Waals surface area contributed by atoms with Crippen LogP contribution in [-0.2, 0) is 4.79 Å². The lowest BCUT2D eigenvalue weighted by Crippen LogP contribution is -2.40. The van der Waals surface area contributed by atoms with Crippen LogP contribution in [0.5, 0.6) is 0 Å². The van der Waals surface area contributed by atoms with E-state index in [1.807, 2.05) is 0 Å². The highest BCUT2D eigenvalue weighted by Crippen LogP contribution is 2.32. The largest absolute Gasteiger partial charge is 0.412 e. The van der Waals surface area contributed by atoms with Crippen LogP contribution >= 0.6 is 0 Å². The zero-order chi connectivity index (χ0) is 17.6. The van der Waals surface area contributed by atoms with Crippen molar-refractivity contribution in [2.45, 2.75) is 44.8 Å². The second-order valence-corrected chi connectivity index (χ2v) is 6.32. The van der Waals surface area contributed by atoms with Crippen LogP contribution in [0.2, 0.25) is 0 Å². The molecule has 0 radical (unpaired) electrons. The van der Waals surface area contributed by atoms with Gasteiger partial charge in [-0.05, 0) is 50.9 Å². The SMILES string of the molecule is CCCN1CCC(CC(=O)NC(c2cccnc2)C(F)(F)F)CC1. The van der Waals surface area contributed by atoms with Crippen molar-refractivity contribution in [3.05, 3.63) is 30.1 Å². The van der Waals surface area contributed by atoms with Crippen molar-refractivity contribution in [1.29, 1.82) is 0 Å². The topological polar surface area (TPSA) is 45.2 Å². The van der Waals surface area contributed by atoms with Gasteiger partial charge in [0.1, 0.15) is 0 Å². The Balaban J connectivity index is 1.90. The van der Waals surface area contributed by atoms with Crippen LogP contribution in [-0.4, -0.2) is 41.6 Å². The average Bonchev–Trinajstić information content (AvgIpc) is 2.54. The summed E-state index contributed by atoms with van der Waals surface area (Å²) in [5, 5.41) is 2.14. The number of rotatable bonds is 6. The molecular weight excluding hydrogens is 319 g/mol. The van der Waals surface area contributed by atoms with Gasteiger partial charge < -0.3 is 10.2 Å². The fourth-order valence-corrected chi connectivity index (χ4v) is 3.11. The highest BCUT2D eigenvalue weighted by atomic mass is 19.4. The van der Waals surface area contributed by atoms with Gasteiger partial charge in [0.25, 0.3) is 0 Å². The Morgan fingerprint density at radius 1 is 1.42 bits per heavy atom. The van der Waals surface area contributed by atoms with Crippen LogP contribution in [0.15, 0.2) is 24.5 Å². The molecule has 0 aliphatic carbocycles. The highest BCUT2D eigenvalue weighted by molar-refractivity contribution is 5.76. The minimum Gasteiger partial charge on any atom is -0.341 e. The number of pyridine rings is 1. The first-order valence-corrected chi connectivity index (χ1v) is 8.38. The molecule has 1 aromatic rings. The van der Waals surface area contributed by atoms with Gasteiger partial charge in [0.2, 0.25) is 5.91 Å². The van der Waals surface area contributed by atoms with E-state index in [2.05, 4.69) is 22.1 Å². The number of hydrogen-bond acceptors (Lipinski definition) is 3. The van der Waals surface area contributed by atoms with Crippen molar-refractivity contribution in [3.8, 4) is 0 Å². The summed E-state index contributed by atoms with van der Waals surface area (Å²) in [6.45, 7) is 4.99. The molecule has 0 spiro atoms. The minimum atomic E-state index is -4.54. The van der Waals surface area contributed by atoms with Crippen molar-refractivity contribution in [2.75, 3.05) is 19.6 Å². The van der Waals surface area contributed by atoms with Crippen LogP contribution < -0.4 is 5.32 Å². The van der Waals surface area contributed by atoms with Gasteiger partial charge >= 0.3 is 6.18 Å². The summed E-state index contributed by atoms with van der Waals surface area (Å²) in [7, 11) is 0. The lowest BCUT2D eigenvalue weighted by molar-refractivity contribution is -0.163. The molecule has 0 saturated carbocycles. The maximum atomic E-state index is 13.2. The summed E-state index contributed by atoms with van der Waals surface area (Å²) < 4.78 is 39.7. The smallest absolute Gasteiger partial charge is 0.341 e. The van der Waals surface area contributed by atoms with E-state index in [-0.39, 0.29) is 17.9 Å². The third-order valence-electron chi connectivity index (χ3n) is 4.37. The Hall–Kier alpha value is -1.63. The number of nitrogens with zero attached hydrogens (tertiary/aromatic N) is 2. The van der Waals surface area contributed by atoms with E-state index in [1.165, 1.54) is 18.3 Å². The molecular formula is C17H24F3N3O. The third kappa shape index (κ3) is 5.47. The standard InChI is InChI=1S/C17H24F3N3O/c1-2-8-23-9-5-13(6-10-23)11-15(24)22-16(17(18,19)20)14-4-3-7-21-12-14/h3-4,7,12-13,16H,2,5-6,8-11H2,1H3,(H,22,24). The van der Waals surface area contributed by atoms with E-state index in [0.717, 1.165) is 45.1 Å². The van der Waals surface area contributed by atoms with E-state index < -0.39 is 18.1 Å². The molecule has 1 aliphatic heterocycles. The summed E-state index contributed by atoms with van der Waals surface area (Å²) in [6.07, 6.45) is 0.956. The number of carbonyl (C=O) groups is 1. The van der Waals surface area contributed by atoms with Crippen molar-refractivity contribution < 1.29 is 18.0 Å². The minimum absolute atomic E-state index is 0.0453. The molecule has 1 aliphatic rings. The van der Waals surface area contributed by atoms with Gasteiger partial charge in [-0.15, -0.1) is 0 Å². The molecule has 1 N–H and O–H groups in total. The van der Waals surface area contributed by atoms with E-state index >= 15 is 0 Å². The first kappa shape index (κ1) is 18.7. The maximum absolute atomic E-state index is 13.2. The highest BCUT2D eigenvalue weighted by Gasteiger charge is 2.42. The lowest BCUT2D eigenvalue weighted by Gasteiger charge is -2.31. The first-order chi connectivity index (χ1) is 11.4.